The van der Waals surface area contributed by atoms with Crippen LogP contribution in [0.15, 0.2) is 11.6 Å². The molecule has 15 heavy (non-hydrogen) atoms. The van der Waals surface area contributed by atoms with Crippen LogP contribution in [0.3, 0.4) is 0 Å². The van der Waals surface area contributed by atoms with Crippen LogP contribution in [0, 0.1) is 0 Å². The summed E-state index contributed by atoms with van der Waals surface area (Å²) in [7, 11) is 2.10. The van der Waals surface area contributed by atoms with E-state index in [4.69, 9.17) is 5.11 Å². The lowest BCUT2D eigenvalue weighted by molar-refractivity contribution is -0.132. The summed E-state index contributed by atoms with van der Waals surface area (Å²) in [6.07, 6.45) is 4.87. The van der Waals surface area contributed by atoms with Crippen LogP contribution >= 0.6 is 12.4 Å². The van der Waals surface area contributed by atoms with Crippen molar-refractivity contribution in [3.05, 3.63) is 11.6 Å². The van der Waals surface area contributed by atoms with Crippen LogP contribution in [0.25, 0.3) is 0 Å². The minimum atomic E-state index is -0.810. The topological polar surface area (TPSA) is 40.5 Å². The highest BCUT2D eigenvalue weighted by molar-refractivity contribution is 5.85. The van der Waals surface area contributed by atoms with Gasteiger partial charge in [-0.2, -0.15) is 0 Å². The summed E-state index contributed by atoms with van der Waals surface area (Å²) < 4.78 is 0. The maximum atomic E-state index is 10.4. The maximum absolute atomic E-state index is 10.4. The van der Waals surface area contributed by atoms with Gasteiger partial charge in [-0.1, -0.05) is 13.0 Å². The smallest absolute Gasteiger partial charge is 0.330 e. The molecule has 0 saturated heterocycles. The van der Waals surface area contributed by atoms with Gasteiger partial charge in [-0.25, -0.2) is 4.79 Å². The van der Waals surface area contributed by atoms with Crippen LogP contribution in [0.1, 0.15) is 33.1 Å². The predicted molar refractivity (Wildman–Crippen MR) is 65.7 cm³/mol. The molecule has 0 fully saturated rings. The number of hydrogen-bond donors (Lipinski definition) is 1. The highest BCUT2D eigenvalue weighted by Crippen LogP contribution is 2.02. The van der Waals surface area contributed by atoms with E-state index in [2.05, 4.69) is 18.9 Å². The molecule has 4 heteroatoms. The average molecular weight is 236 g/mol. The number of halogens is 1. The van der Waals surface area contributed by atoms with Crippen LogP contribution < -0.4 is 0 Å². The predicted octanol–water partition coefficient (Wildman–Crippen LogP) is 2.56. The van der Waals surface area contributed by atoms with Gasteiger partial charge in [0.2, 0.25) is 0 Å². The first-order chi connectivity index (χ1) is 6.57. The third-order valence-electron chi connectivity index (χ3n) is 2.32. The Kier molecular flexibility index (Phi) is 11.2. The fraction of sp³-hybridized carbons (Fsp3) is 0.727. The molecule has 1 N–H and O–H groups in total. The lowest BCUT2D eigenvalue weighted by atomic mass is 10.2. The standard InChI is InChI=1S/C11H21NO2.ClH/c1-4-12(3)9-7-5-6-8-10(2)11(13)14;/h8H,4-7,9H2,1-3H3,(H,13,14);1H. The number of carboxylic acid groups (broad SMARTS) is 1. The summed E-state index contributed by atoms with van der Waals surface area (Å²) in [5.41, 5.74) is 0.453. The highest BCUT2D eigenvalue weighted by Gasteiger charge is 1.98. The van der Waals surface area contributed by atoms with Crippen molar-refractivity contribution in [2.45, 2.75) is 33.1 Å². The van der Waals surface area contributed by atoms with Crippen LogP contribution in [-0.4, -0.2) is 36.1 Å². The lowest BCUT2D eigenvalue weighted by Crippen LogP contribution is -2.18. The number of aliphatic carboxylic acids is 1. The van der Waals surface area contributed by atoms with E-state index in [-0.39, 0.29) is 12.4 Å². The molecule has 0 aromatic rings. The molecule has 0 amide bonds. The second kappa shape index (κ2) is 9.99. The Balaban J connectivity index is 0. The second-order valence-electron chi connectivity index (χ2n) is 3.58. The van der Waals surface area contributed by atoms with Gasteiger partial charge in [-0.05, 0) is 46.3 Å². The van der Waals surface area contributed by atoms with Crippen LogP contribution in [0.4, 0.5) is 0 Å². The van der Waals surface area contributed by atoms with Crippen molar-refractivity contribution in [3.8, 4) is 0 Å². The Morgan fingerprint density at radius 3 is 2.47 bits per heavy atom. The van der Waals surface area contributed by atoms with Gasteiger partial charge in [0.1, 0.15) is 0 Å². The van der Waals surface area contributed by atoms with Gasteiger partial charge >= 0.3 is 5.97 Å². The van der Waals surface area contributed by atoms with E-state index >= 15 is 0 Å². The molecule has 0 unspecified atom stereocenters. The molecule has 0 aliphatic carbocycles. The number of rotatable bonds is 7. The molecule has 0 aliphatic heterocycles. The molecule has 0 spiro atoms. The normalized spacial score (nSPS) is 11.3. The van der Waals surface area contributed by atoms with Crippen molar-refractivity contribution in [2.24, 2.45) is 0 Å². The zero-order valence-corrected chi connectivity index (χ0v) is 10.6. The Morgan fingerprint density at radius 2 is 2.00 bits per heavy atom. The first-order valence-electron chi connectivity index (χ1n) is 5.16. The summed E-state index contributed by atoms with van der Waals surface area (Å²) in [5, 5.41) is 8.59. The van der Waals surface area contributed by atoms with Crippen molar-refractivity contribution in [2.75, 3.05) is 20.1 Å². The van der Waals surface area contributed by atoms with Gasteiger partial charge in [0.15, 0.2) is 0 Å². The summed E-state index contributed by atoms with van der Waals surface area (Å²) in [4.78, 5) is 12.7. The molecule has 0 aliphatic rings. The summed E-state index contributed by atoms with van der Waals surface area (Å²) in [6, 6.07) is 0. The zero-order chi connectivity index (χ0) is 11.0. The number of carbonyl (C=O) groups is 1. The van der Waals surface area contributed by atoms with Gasteiger partial charge in [0, 0.05) is 5.57 Å². The van der Waals surface area contributed by atoms with Crippen molar-refractivity contribution < 1.29 is 9.90 Å². The Labute approximate surface area is 98.6 Å². The molecule has 3 nitrogen and oxygen atoms in total. The van der Waals surface area contributed by atoms with Crippen molar-refractivity contribution >= 4 is 18.4 Å². The Morgan fingerprint density at radius 1 is 1.40 bits per heavy atom. The van der Waals surface area contributed by atoms with E-state index in [0.717, 1.165) is 32.4 Å². The lowest BCUT2D eigenvalue weighted by Gasteiger charge is -2.12. The third kappa shape index (κ3) is 9.76. The van der Waals surface area contributed by atoms with Gasteiger partial charge in [0.05, 0.1) is 0 Å². The first-order valence-corrected chi connectivity index (χ1v) is 5.16. The van der Waals surface area contributed by atoms with Crippen LogP contribution in [0.2, 0.25) is 0 Å². The second-order valence-corrected chi connectivity index (χ2v) is 3.58. The first kappa shape index (κ1) is 16.9. The third-order valence-corrected chi connectivity index (χ3v) is 2.32. The minimum absolute atomic E-state index is 0. The number of unbranched alkanes of at least 4 members (excludes halogenated alkanes) is 2. The molecule has 0 rings (SSSR count). The van der Waals surface area contributed by atoms with E-state index < -0.39 is 5.97 Å². The summed E-state index contributed by atoms with van der Waals surface area (Å²) in [5.74, 6) is -0.810. The number of nitrogens with zero attached hydrogens (tertiary/aromatic N) is 1. The molecule has 0 aromatic heterocycles. The maximum Gasteiger partial charge on any atom is 0.330 e. The summed E-state index contributed by atoms with van der Waals surface area (Å²) in [6.45, 7) is 5.94. The van der Waals surface area contributed by atoms with Crippen molar-refractivity contribution in [1.29, 1.82) is 0 Å². The fourth-order valence-electron chi connectivity index (χ4n) is 1.09. The van der Waals surface area contributed by atoms with Crippen LogP contribution in [-0.2, 0) is 4.79 Å². The zero-order valence-electron chi connectivity index (χ0n) is 9.82. The molecule has 0 atom stereocenters. The number of allylic oxidation sites excluding steroid dienone is 1. The van der Waals surface area contributed by atoms with E-state index in [0.29, 0.717) is 5.57 Å². The molecule has 0 radical (unpaired) electrons. The molecular formula is C11H22ClNO2. The molecule has 0 heterocycles. The highest BCUT2D eigenvalue weighted by atomic mass is 35.5. The number of hydrogen-bond acceptors (Lipinski definition) is 2. The average Bonchev–Trinajstić information content (AvgIpc) is 2.16. The quantitative estimate of drug-likeness (QED) is 0.545. The fourth-order valence-corrected chi connectivity index (χ4v) is 1.09. The van der Waals surface area contributed by atoms with Crippen molar-refractivity contribution in [3.63, 3.8) is 0 Å². The largest absolute Gasteiger partial charge is 0.478 e. The van der Waals surface area contributed by atoms with E-state index in [9.17, 15) is 4.79 Å². The molecular weight excluding hydrogens is 214 g/mol. The molecule has 0 bridgehead atoms. The van der Waals surface area contributed by atoms with E-state index in [1.165, 1.54) is 0 Å². The number of carboxylic acids is 1. The van der Waals surface area contributed by atoms with E-state index in [1.807, 2.05) is 0 Å². The van der Waals surface area contributed by atoms with Gasteiger partial charge < -0.3 is 10.0 Å². The molecule has 90 valence electrons. The van der Waals surface area contributed by atoms with Gasteiger partial charge in [-0.3, -0.25) is 0 Å². The Bertz CT molecular complexity index is 205. The molecule has 0 saturated carbocycles. The molecule has 0 aromatic carbocycles. The van der Waals surface area contributed by atoms with Crippen molar-refractivity contribution in [1.82, 2.24) is 4.90 Å². The van der Waals surface area contributed by atoms with Crippen LogP contribution in [0.5, 0.6) is 0 Å². The minimum Gasteiger partial charge on any atom is -0.478 e. The SMILES string of the molecule is CCN(C)CCCCC=C(C)C(=O)O.Cl. The monoisotopic (exact) mass is 235 g/mol. The Hall–Kier alpha value is -0.540. The van der Waals surface area contributed by atoms with Gasteiger partial charge in [0.25, 0.3) is 0 Å². The summed E-state index contributed by atoms with van der Waals surface area (Å²) >= 11 is 0. The van der Waals surface area contributed by atoms with Gasteiger partial charge in [-0.15, -0.1) is 12.4 Å². The van der Waals surface area contributed by atoms with E-state index in [1.54, 1.807) is 13.0 Å².